The van der Waals surface area contributed by atoms with Crippen LogP contribution in [0.3, 0.4) is 0 Å². The maximum atomic E-state index is 5.30. The van der Waals surface area contributed by atoms with Gasteiger partial charge in [0.25, 0.3) is 0 Å². The van der Waals surface area contributed by atoms with Gasteiger partial charge in [0.2, 0.25) is 0 Å². The maximum Gasteiger partial charge on any atom is 0.133 e. The van der Waals surface area contributed by atoms with Gasteiger partial charge in [-0.1, -0.05) is 6.92 Å². The van der Waals surface area contributed by atoms with Gasteiger partial charge >= 0.3 is 0 Å². The number of aromatic nitrogens is 2. The van der Waals surface area contributed by atoms with Crippen LogP contribution in [-0.4, -0.2) is 50.5 Å². The Balaban J connectivity index is 2.67. The topological polar surface area (TPSA) is 68.3 Å². The van der Waals surface area contributed by atoms with E-state index >= 15 is 0 Å². The van der Waals surface area contributed by atoms with E-state index in [1.54, 1.807) is 14.2 Å². The predicted octanol–water partition coefficient (Wildman–Crippen LogP) is 1.54. The molecule has 6 heteroatoms. The first kappa shape index (κ1) is 15.7. The van der Waals surface area contributed by atoms with Crippen LogP contribution in [0.4, 0.5) is 11.6 Å². The van der Waals surface area contributed by atoms with E-state index in [-0.39, 0.29) is 6.10 Å². The van der Waals surface area contributed by atoms with E-state index < -0.39 is 0 Å². The number of hydrogen-bond donors (Lipinski definition) is 2. The van der Waals surface area contributed by atoms with E-state index in [0.717, 1.165) is 30.3 Å². The van der Waals surface area contributed by atoms with E-state index in [4.69, 9.17) is 9.47 Å². The van der Waals surface area contributed by atoms with Crippen LogP contribution in [0.25, 0.3) is 0 Å². The molecule has 0 aromatic carbocycles. The van der Waals surface area contributed by atoms with Crippen LogP contribution in [-0.2, 0) is 15.9 Å². The molecule has 1 unspecified atom stereocenters. The lowest BCUT2D eigenvalue weighted by molar-refractivity contribution is 0.0365. The molecule has 2 N–H and O–H groups in total. The summed E-state index contributed by atoms with van der Waals surface area (Å²) in [5, 5.41) is 6.30. The van der Waals surface area contributed by atoms with Crippen molar-refractivity contribution in [3.63, 3.8) is 0 Å². The molecule has 1 aromatic rings. The first-order chi connectivity index (χ1) is 9.23. The number of anilines is 2. The molecule has 0 radical (unpaired) electrons. The number of hydrogen-bond acceptors (Lipinski definition) is 6. The van der Waals surface area contributed by atoms with Crippen molar-refractivity contribution in [2.45, 2.75) is 25.9 Å². The van der Waals surface area contributed by atoms with Gasteiger partial charge in [-0.3, -0.25) is 0 Å². The average Bonchev–Trinajstić information content (AvgIpc) is 2.43. The van der Waals surface area contributed by atoms with E-state index in [0.29, 0.717) is 13.2 Å². The third-order valence-corrected chi connectivity index (χ3v) is 2.70. The first-order valence-electron chi connectivity index (χ1n) is 6.54. The normalized spacial score (nSPS) is 12.2. The molecular weight excluding hydrogens is 244 g/mol. The standard InChI is InChI=1S/C13H24N4O2/c1-5-6-11-16-12(14-2)7-13(17-11)15-8-10(19-4)9-18-3/h7,10H,5-6,8-9H2,1-4H3,(H2,14,15,16,17). The third-order valence-electron chi connectivity index (χ3n) is 2.70. The summed E-state index contributed by atoms with van der Waals surface area (Å²) < 4.78 is 10.4. The molecule has 6 nitrogen and oxygen atoms in total. The van der Waals surface area contributed by atoms with Crippen LogP contribution in [0.1, 0.15) is 19.2 Å². The Kier molecular flexibility index (Phi) is 7.14. The van der Waals surface area contributed by atoms with Crippen molar-refractivity contribution >= 4 is 11.6 Å². The number of aryl methyl sites for hydroxylation is 1. The van der Waals surface area contributed by atoms with Crippen LogP contribution >= 0.6 is 0 Å². The summed E-state index contributed by atoms with van der Waals surface area (Å²) in [5.74, 6) is 2.47. The average molecular weight is 268 g/mol. The van der Waals surface area contributed by atoms with Crippen LogP contribution in [0.2, 0.25) is 0 Å². The van der Waals surface area contributed by atoms with Crippen LogP contribution < -0.4 is 10.6 Å². The van der Waals surface area contributed by atoms with Gasteiger partial charge in [-0.25, -0.2) is 9.97 Å². The van der Waals surface area contributed by atoms with Gasteiger partial charge in [-0.2, -0.15) is 0 Å². The SMILES string of the molecule is CCCc1nc(NC)cc(NCC(COC)OC)n1. The van der Waals surface area contributed by atoms with Crippen LogP contribution in [0.5, 0.6) is 0 Å². The van der Waals surface area contributed by atoms with Crippen molar-refractivity contribution in [1.29, 1.82) is 0 Å². The second-order valence-electron chi connectivity index (χ2n) is 4.25. The lowest BCUT2D eigenvalue weighted by Crippen LogP contribution is -2.27. The van der Waals surface area contributed by atoms with Crippen LogP contribution in [0.15, 0.2) is 6.07 Å². The summed E-state index contributed by atoms with van der Waals surface area (Å²) in [4.78, 5) is 8.89. The van der Waals surface area contributed by atoms with Crippen molar-refractivity contribution < 1.29 is 9.47 Å². The van der Waals surface area contributed by atoms with E-state index in [1.807, 2.05) is 13.1 Å². The largest absolute Gasteiger partial charge is 0.382 e. The minimum Gasteiger partial charge on any atom is -0.382 e. The van der Waals surface area contributed by atoms with Crippen molar-refractivity contribution in [3.05, 3.63) is 11.9 Å². The zero-order valence-electron chi connectivity index (χ0n) is 12.2. The van der Waals surface area contributed by atoms with Crippen LogP contribution in [0, 0.1) is 0 Å². The summed E-state index contributed by atoms with van der Waals surface area (Å²) in [6.45, 7) is 3.31. The van der Waals surface area contributed by atoms with Gasteiger partial charge in [0.05, 0.1) is 12.7 Å². The first-order valence-corrected chi connectivity index (χ1v) is 6.54. The fourth-order valence-electron chi connectivity index (χ4n) is 1.67. The number of nitrogens with one attached hydrogen (secondary N) is 2. The molecule has 0 amide bonds. The Bertz CT molecular complexity index is 374. The highest BCUT2D eigenvalue weighted by Gasteiger charge is 2.08. The number of methoxy groups -OCH3 is 2. The van der Waals surface area contributed by atoms with Gasteiger partial charge in [0, 0.05) is 40.3 Å². The van der Waals surface area contributed by atoms with Crippen molar-refractivity contribution in [1.82, 2.24) is 9.97 Å². The lowest BCUT2D eigenvalue weighted by Gasteiger charge is -2.16. The smallest absolute Gasteiger partial charge is 0.133 e. The highest BCUT2D eigenvalue weighted by Crippen LogP contribution is 2.12. The Labute approximate surface area is 114 Å². The lowest BCUT2D eigenvalue weighted by atomic mass is 10.3. The van der Waals surface area contributed by atoms with E-state index in [2.05, 4.69) is 27.5 Å². The van der Waals surface area contributed by atoms with E-state index in [9.17, 15) is 0 Å². The quantitative estimate of drug-likeness (QED) is 0.708. The summed E-state index contributed by atoms with van der Waals surface area (Å²) in [6, 6.07) is 1.89. The fraction of sp³-hybridized carbons (Fsp3) is 0.692. The molecule has 108 valence electrons. The molecular formula is C13H24N4O2. The Morgan fingerprint density at radius 3 is 2.58 bits per heavy atom. The second kappa shape index (κ2) is 8.66. The molecule has 0 saturated carbocycles. The highest BCUT2D eigenvalue weighted by molar-refractivity contribution is 5.47. The zero-order valence-corrected chi connectivity index (χ0v) is 12.2. The number of nitrogens with zero attached hydrogens (tertiary/aromatic N) is 2. The molecule has 1 aromatic heterocycles. The molecule has 19 heavy (non-hydrogen) atoms. The van der Waals surface area contributed by atoms with Gasteiger partial charge in [0.15, 0.2) is 0 Å². The minimum atomic E-state index is 0.00706. The second-order valence-corrected chi connectivity index (χ2v) is 4.25. The number of ether oxygens (including phenoxy) is 2. The monoisotopic (exact) mass is 268 g/mol. The van der Waals surface area contributed by atoms with Gasteiger partial charge in [0.1, 0.15) is 17.5 Å². The molecule has 0 saturated heterocycles. The summed E-state index contributed by atoms with van der Waals surface area (Å²) >= 11 is 0. The third kappa shape index (κ3) is 5.40. The Morgan fingerprint density at radius 2 is 2.00 bits per heavy atom. The van der Waals surface area contributed by atoms with Gasteiger partial charge < -0.3 is 20.1 Å². The molecule has 0 bridgehead atoms. The summed E-state index contributed by atoms with van der Waals surface area (Å²) in [6.07, 6.45) is 1.90. The molecule has 0 aliphatic heterocycles. The molecule has 0 spiro atoms. The van der Waals surface area contributed by atoms with Gasteiger partial charge in [-0.15, -0.1) is 0 Å². The molecule has 1 atom stereocenters. The zero-order chi connectivity index (χ0) is 14.1. The summed E-state index contributed by atoms with van der Waals surface area (Å²) in [5.41, 5.74) is 0. The van der Waals surface area contributed by atoms with E-state index in [1.165, 1.54) is 0 Å². The van der Waals surface area contributed by atoms with Crippen molar-refractivity contribution in [3.8, 4) is 0 Å². The molecule has 1 heterocycles. The van der Waals surface area contributed by atoms with Crippen molar-refractivity contribution in [2.24, 2.45) is 0 Å². The Hall–Kier alpha value is -1.40. The molecule has 0 fully saturated rings. The predicted molar refractivity (Wildman–Crippen MR) is 76.7 cm³/mol. The fourth-order valence-corrected chi connectivity index (χ4v) is 1.67. The maximum absolute atomic E-state index is 5.30. The summed E-state index contributed by atoms with van der Waals surface area (Å²) in [7, 11) is 5.19. The Morgan fingerprint density at radius 1 is 1.26 bits per heavy atom. The highest BCUT2D eigenvalue weighted by atomic mass is 16.5. The number of rotatable bonds is 9. The van der Waals surface area contributed by atoms with Gasteiger partial charge in [-0.05, 0) is 6.42 Å². The molecule has 1 rings (SSSR count). The minimum absolute atomic E-state index is 0.00706. The van der Waals surface area contributed by atoms with Crippen molar-refractivity contribution in [2.75, 3.05) is 45.1 Å². The molecule has 0 aliphatic carbocycles. The molecule has 0 aliphatic rings.